The molecule has 9 nitrogen and oxygen atoms in total. The van der Waals surface area contributed by atoms with Crippen LogP contribution in [0.5, 0.6) is 0 Å². The molecule has 0 spiro atoms. The largest absolute Gasteiger partial charge is 0.478 e. The fraction of sp³-hybridized carbons (Fsp3) is 0.565. The maximum Gasteiger partial charge on any atom is 0.335 e. The Morgan fingerprint density at radius 1 is 1.19 bits per heavy atom. The van der Waals surface area contributed by atoms with Crippen LogP contribution in [-0.4, -0.2) is 58.1 Å². The molecule has 1 fully saturated rings. The van der Waals surface area contributed by atoms with E-state index in [0.29, 0.717) is 18.5 Å². The van der Waals surface area contributed by atoms with Crippen molar-refractivity contribution in [3.8, 4) is 0 Å². The van der Waals surface area contributed by atoms with Gasteiger partial charge in [-0.05, 0) is 58.2 Å². The third kappa shape index (κ3) is 7.25. The van der Waals surface area contributed by atoms with Crippen molar-refractivity contribution in [1.29, 1.82) is 0 Å². The summed E-state index contributed by atoms with van der Waals surface area (Å²) in [6, 6.07) is 4.42. The Kier molecular flexibility index (Phi) is 8.63. The van der Waals surface area contributed by atoms with E-state index in [1.54, 1.807) is 31.7 Å². The van der Waals surface area contributed by atoms with Gasteiger partial charge >= 0.3 is 18.0 Å². The number of nitrogens with one attached hydrogen (secondary N) is 2. The molecular formula is C23H33N3O6. The number of hydrogen-bond acceptors (Lipinski definition) is 5. The molecule has 1 aliphatic heterocycles. The fourth-order valence-electron chi connectivity index (χ4n) is 3.74. The second-order valence-electron chi connectivity index (χ2n) is 8.92. The molecule has 0 saturated carbocycles. The first-order chi connectivity index (χ1) is 15.0. The Bertz CT molecular complexity index is 848. The molecule has 1 heterocycles. The van der Waals surface area contributed by atoms with Crippen LogP contribution in [0.2, 0.25) is 0 Å². The standard InChI is InChI=1S/C23H33N3O6/c1-5-6-10-17-11-12-18(21(30)32-23(2,3)4)26(17)19(27)14-24-22(31)25-16-9-7-8-15(13-16)20(28)29/h7-9,13,17-18H,5-6,10-12,14H2,1-4H3,(H,28,29)(H2,24,25,31). The average molecular weight is 448 g/mol. The number of anilines is 1. The number of likely N-dealkylation sites (tertiary alicyclic amines) is 1. The molecule has 9 heteroatoms. The van der Waals surface area contributed by atoms with Gasteiger partial charge in [0.15, 0.2) is 0 Å². The number of benzene rings is 1. The number of carboxylic acid groups (broad SMARTS) is 1. The van der Waals surface area contributed by atoms with Crippen molar-refractivity contribution in [2.75, 3.05) is 11.9 Å². The van der Waals surface area contributed by atoms with Crippen molar-refractivity contribution in [3.05, 3.63) is 29.8 Å². The minimum absolute atomic E-state index is 0.0370. The van der Waals surface area contributed by atoms with Crippen molar-refractivity contribution < 1.29 is 29.0 Å². The smallest absolute Gasteiger partial charge is 0.335 e. The molecule has 0 aliphatic carbocycles. The highest BCUT2D eigenvalue weighted by Gasteiger charge is 2.42. The summed E-state index contributed by atoms with van der Waals surface area (Å²) in [6.45, 7) is 7.13. The van der Waals surface area contributed by atoms with Gasteiger partial charge in [-0.3, -0.25) is 4.79 Å². The van der Waals surface area contributed by atoms with Crippen molar-refractivity contribution in [2.24, 2.45) is 0 Å². The number of hydrogen-bond donors (Lipinski definition) is 3. The molecule has 1 aliphatic rings. The van der Waals surface area contributed by atoms with Crippen LogP contribution in [0.3, 0.4) is 0 Å². The van der Waals surface area contributed by atoms with E-state index in [4.69, 9.17) is 9.84 Å². The molecule has 1 saturated heterocycles. The van der Waals surface area contributed by atoms with Crippen molar-refractivity contribution >= 4 is 29.6 Å². The zero-order chi connectivity index (χ0) is 23.9. The Morgan fingerprint density at radius 3 is 2.53 bits per heavy atom. The molecule has 0 aromatic heterocycles. The molecule has 0 bridgehead atoms. The second-order valence-corrected chi connectivity index (χ2v) is 8.92. The van der Waals surface area contributed by atoms with E-state index in [0.717, 1.165) is 19.3 Å². The van der Waals surface area contributed by atoms with Crippen LogP contribution in [0.25, 0.3) is 0 Å². The third-order valence-corrected chi connectivity index (χ3v) is 5.13. The minimum atomic E-state index is -1.11. The number of carbonyl (C=O) groups excluding carboxylic acids is 3. The van der Waals surface area contributed by atoms with Gasteiger partial charge in [-0.25, -0.2) is 14.4 Å². The average Bonchev–Trinajstić information content (AvgIpc) is 3.13. The second kappa shape index (κ2) is 11.0. The maximum atomic E-state index is 13.0. The molecular weight excluding hydrogens is 414 g/mol. The van der Waals surface area contributed by atoms with E-state index < -0.39 is 29.6 Å². The summed E-state index contributed by atoms with van der Waals surface area (Å²) in [7, 11) is 0. The highest BCUT2D eigenvalue weighted by Crippen LogP contribution is 2.29. The van der Waals surface area contributed by atoms with E-state index in [1.807, 2.05) is 0 Å². The first kappa shape index (κ1) is 25.2. The fourth-order valence-corrected chi connectivity index (χ4v) is 3.74. The van der Waals surface area contributed by atoms with Gasteiger partial charge in [0.05, 0.1) is 12.1 Å². The first-order valence-corrected chi connectivity index (χ1v) is 10.9. The predicted molar refractivity (Wildman–Crippen MR) is 119 cm³/mol. The number of unbranched alkanes of at least 4 members (excludes halogenated alkanes) is 1. The van der Waals surface area contributed by atoms with Gasteiger partial charge in [0.1, 0.15) is 11.6 Å². The zero-order valence-corrected chi connectivity index (χ0v) is 19.1. The van der Waals surface area contributed by atoms with Crippen LogP contribution < -0.4 is 10.6 Å². The van der Waals surface area contributed by atoms with Crippen LogP contribution in [0.1, 0.15) is 70.2 Å². The van der Waals surface area contributed by atoms with Crippen LogP contribution >= 0.6 is 0 Å². The van der Waals surface area contributed by atoms with E-state index in [1.165, 1.54) is 18.2 Å². The molecule has 2 atom stereocenters. The summed E-state index contributed by atoms with van der Waals surface area (Å²) in [6.07, 6.45) is 3.94. The predicted octanol–water partition coefficient (Wildman–Crippen LogP) is 3.40. The lowest BCUT2D eigenvalue weighted by molar-refractivity contribution is -0.164. The number of carbonyl (C=O) groups is 4. The summed E-state index contributed by atoms with van der Waals surface area (Å²) < 4.78 is 5.51. The number of nitrogens with zero attached hydrogens (tertiary/aromatic N) is 1. The lowest BCUT2D eigenvalue weighted by Gasteiger charge is -2.31. The summed E-state index contributed by atoms with van der Waals surface area (Å²) in [5, 5.41) is 14.1. The third-order valence-electron chi connectivity index (χ3n) is 5.13. The summed E-state index contributed by atoms with van der Waals surface area (Å²) in [4.78, 5) is 50.6. The van der Waals surface area contributed by atoms with E-state index >= 15 is 0 Å². The Hall–Kier alpha value is -3.10. The van der Waals surface area contributed by atoms with Crippen LogP contribution in [0, 0.1) is 0 Å². The molecule has 3 amide bonds. The lowest BCUT2D eigenvalue weighted by atomic mass is 10.1. The van der Waals surface area contributed by atoms with Crippen LogP contribution in [-0.2, 0) is 14.3 Å². The Morgan fingerprint density at radius 2 is 1.91 bits per heavy atom. The van der Waals surface area contributed by atoms with Crippen molar-refractivity contribution in [2.45, 2.75) is 77.5 Å². The minimum Gasteiger partial charge on any atom is -0.478 e. The van der Waals surface area contributed by atoms with Gasteiger partial charge < -0.3 is 25.4 Å². The first-order valence-electron chi connectivity index (χ1n) is 10.9. The summed E-state index contributed by atoms with van der Waals surface area (Å²) in [5.41, 5.74) is -0.325. The molecule has 176 valence electrons. The molecule has 1 aromatic carbocycles. The Labute approximate surface area is 188 Å². The molecule has 3 N–H and O–H groups in total. The summed E-state index contributed by atoms with van der Waals surface area (Å²) >= 11 is 0. The van der Waals surface area contributed by atoms with Crippen LogP contribution in [0.4, 0.5) is 10.5 Å². The van der Waals surface area contributed by atoms with E-state index in [9.17, 15) is 19.2 Å². The SMILES string of the molecule is CCCCC1CCC(C(=O)OC(C)(C)C)N1C(=O)CNC(=O)Nc1cccc(C(=O)O)c1. The molecule has 1 aromatic rings. The number of amides is 3. The van der Waals surface area contributed by atoms with Crippen LogP contribution in [0.15, 0.2) is 24.3 Å². The highest BCUT2D eigenvalue weighted by molar-refractivity contribution is 5.95. The van der Waals surface area contributed by atoms with Gasteiger partial charge in [0.25, 0.3) is 0 Å². The zero-order valence-electron chi connectivity index (χ0n) is 19.1. The van der Waals surface area contributed by atoms with E-state index in [2.05, 4.69) is 17.6 Å². The quantitative estimate of drug-likeness (QED) is 0.525. The van der Waals surface area contributed by atoms with Gasteiger partial charge in [-0.1, -0.05) is 25.8 Å². The molecule has 0 radical (unpaired) electrons. The molecule has 2 rings (SSSR count). The topological polar surface area (TPSA) is 125 Å². The highest BCUT2D eigenvalue weighted by atomic mass is 16.6. The van der Waals surface area contributed by atoms with Gasteiger partial charge in [-0.15, -0.1) is 0 Å². The van der Waals surface area contributed by atoms with Gasteiger partial charge in [0.2, 0.25) is 5.91 Å². The number of aromatic carboxylic acids is 1. The molecule has 2 unspecified atom stereocenters. The summed E-state index contributed by atoms with van der Waals surface area (Å²) in [5.74, 6) is -1.89. The number of carboxylic acids is 1. The number of ether oxygens (including phenoxy) is 1. The van der Waals surface area contributed by atoms with E-state index in [-0.39, 0.29) is 24.1 Å². The maximum absolute atomic E-state index is 13.0. The normalized spacial score (nSPS) is 18.2. The number of rotatable bonds is 8. The number of urea groups is 1. The van der Waals surface area contributed by atoms with Gasteiger partial charge in [-0.2, -0.15) is 0 Å². The molecule has 32 heavy (non-hydrogen) atoms. The number of esters is 1. The van der Waals surface area contributed by atoms with Gasteiger partial charge in [0, 0.05) is 11.7 Å². The lowest BCUT2D eigenvalue weighted by Crippen LogP contribution is -2.50. The monoisotopic (exact) mass is 447 g/mol. The van der Waals surface area contributed by atoms with Crippen molar-refractivity contribution in [1.82, 2.24) is 10.2 Å². The van der Waals surface area contributed by atoms with Crippen molar-refractivity contribution in [3.63, 3.8) is 0 Å². The Balaban J connectivity index is 2.02.